The lowest BCUT2D eigenvalue weighted by molar-refractivity contribution is -0.137. The fourth-order valence-electron chi connectivity index (χ4n) is 5.85. The van der Waals surface area contributed by atoms with Gasteiger partial charge in [-0.1, -0.05) is 18.2 Å². The molecule has 2 aliphatic heterocycles. The maximum Gasteiger partial charge on any atom is 0.416 e. The number of anilines is 1. The summed E-state index contributed by atoms with van der Waals surface area (Å²) in [5.74, 6) is -2.16. The molecule has 1 unspecified atom stereocenters. The number of rotatable bonds is 4. The van der Waals surface area contributed by atoms with Gasteiger partial charge in [-0.2, -0.15) is 29.1 Å². The lowest BCUT2D eigenvalue weighted by atomic mass is 10.1. The zero-order valence-corrected chi connectivity index (χ0v) is 24.5. The maximum absolute atomic E-state index is 15.3. The van der Waals surface area contributed by atoms with E-state index in [1.165, 1.54) is 17.8 Å². The molecule has 0 spiro atoms. The van der Waals surface area contributed by atoms with Crippen molar-refractivity contribution in [2.45, 2.75) is 54.5 Å². The number of aromatic nitrogens is 2. The molecule has 3 aromatic rings. The van der Waals surface area contributed by atoms with Crippen molar-refractivity contribution in [2.75, 3.05) is 30.9 Å². The van der Waals surface area contributed by atoms with Crippen LogP contribution in [0.15, 0.2) is 51.5 Å². The van der Waals surface area contributed by atoms with Crippen molar-refractivity contribution in [3.8, 4) is 0 Å². The van der Waals surface area contributed by atoms with Gasteiger partial charge in [0.1, 0.15) is 17.5 Å². The molecule has 0 N–H and O–H groups in total. The first kappa shape index (κ1) is 30.3. The molecule has 42 heavy (non-hydrogen) atoms. The lowest BCUT2D eigenvalue weighted by Gasteiger charge is -2.44. The minimum Gasteiger partial charge on any atom is -0.379 e. The van der Waals surface area contributed by atoms with Gasteiger partial charge in [-0.15, -0.1) is 0 Å². The number of thiol groups is 1. The smallest absolute Gasteiger partial charge is 0.379 e. The molecule has 7 nitrogen and oxygen atoms in total. The quantitative estimate of drug-likeness (QED) is 0.181. The predicted molar refractivity (Wildman–Crippen MR) is 152 cm³/mol. The van der Waals surface area contributed by atoms with Gasteiger partial charge < -0.3 is 14.5 Å². The first-order chi connectivity index (χ1) is 19.7. The van der Waals surface area contributed by atoms with E-state index in [-0.39, 0.29) is 74.9 Å². The minimum atomic E-state index is -4.79. The third-order valence-electron chi connectivity index (χ3n) is 7.69. The van der Waals surface area contributed by atoms with Crippen LogP contribution in [0.5, 0.6) is 0 Å². The van der Waals surface area contributed by atoms with Crippen LogP contribution in [-0.2, 0) is 22.3 Å². The molecule has 1 saturated heterocycles. The molecule has 2 aromatic carbocycles. The van der Waals surface area contributed by atoms with E-state index in [9.17, 15) is 27.2 Å². The standard InChI is InChI=1S/C28H28ClF5N4O3S/c1-5-24(39)38-14(2)10-36(11-15(38)3)26-18-6-16(28(32,33)34)7-23-25(18)37(27(40)35-26)12-17(41-4)13-42(23)22-8-19(29)20(30)9-21(22)31/h5-9,14-15,17,42H,1,10-13H2,2-4H3/t14-,15+,17-/m1/s1. The van der Waals surface area contributed by atoms with E-state index in [0.29, 0.717) is 6.07 Å². The number of halogens is 6. The monoisotopic (exact) mass is 630 g/mol. The lowest BCUT2D eigenvalue weighted by Crippen LogP contribution is -2.58. The Balaban J connectivity index is 1.81. The minimum absolute atomic E-state index is 0.0337. The van der Waals surface area contributed by atoms with Crippen molar-refractivity contribution in [2.24, 2.45) is 0 Å². The second-order valence-corrected chi connectivity index (χ2v) is 13.0. The van der Waals surface area contributed by atoms with E-state index in [0.717, 1.165) is 18.2 Å². The Morgan fingerprint density at radius 2 is 1.76 bits per heavy atom. The highest BCUT2D eigenvalue weighted by Gasteiger charge is 2.38. The van der Waals surface area contributed by atoms with Gasteiger partial charge in [0, 0.05) is 59.3 Å². The van der Waals surface area contributed by atoms with Crippen LogP contribution in [0.25, 0.3) is 10.9 Å². The summed E-state index contributed by atoms with van der Waals surface area (Å²) in [6, 6.07) is 2.83. The number of carbonyl (C=O) groups is 1. The summed E-state index contributed by atoms with van der Waals surface area (Å²) < 4.78 is 79.3. The van der Waals surface area contributed by atoms with Gasteiger partial charge >= 0.3 is 11.9 Å². The van der Waals surface area contributed by atoms with E-state index in [4.69, 9.17) is 16.3 Å². The Kier molecular flexibility index (Phi) is 8.05. The number of alkyl halides is 3. The molecule has 1 amide bonds. The molecule has 3 heterocycles. The van der Waals surface area contributed by atoms with Crippen LogP contribution in [0.2, 0.25) is 5.02 Å². The molecule has 1 fully saturated rings. The molecular formula is C28H28ClF5N4O3S. The summed E-state index contributed by atoms with van der Waals surface area (Å²) in [5, 5.41) is -0.321. The maximum atomic E-state index is 15.3. The molecule has 1 aromatic heterocycles. The topological polar surface area (TPSA) is 67.7 Å². The van der Waals surface area contributed by atoms with Gasteiger partial charge in [0.15, 0.2) is 0 Å². The Hall–Kier alpha value is -3.16. The van der Waals surface area contributed by atoms with E-state index < -0.39 is 46.1 Å². The number of piperazine rings is 1. The average molecular weight is 631 g/mol. The van der Waals surface area contributed by atoms with Crippen LogP contribution in [0.3, 0.4) is 0 Å². The van der Waals surface area contributed by atoms with E-state index in [1.54, 1.807) is 23.6 Å². The highest BCUT2D eigenvalue weighted by Crippen LogP contribution is 2.53. The molecule has 0 bridgehead atoms. The van der Waals surface area contributed by atoms with Crippen LogP contribution in [0.4, 0.5) is 27.8 Å². The van der Waals surface area contributed by atoms with Gasteiger partial charge in [0.2, 0.25) is 5.91 Å². The van der Waals surface area contributed by atoms with Gasteiger partial charge in [-0.25, -0.2) is 13.6 Å². The Bertz CT molecular complexity index is 1640. The fraction of sp³-hybridized carbons (Fsp3) is 0.393. The van der Waals surface area contributed by atoms with Gasteiger partial charge in [0.05, 0.1) is 28.8 Å². The third-order valence-corrected chi connectivity index (χ3v) is 10.6. The highest BCUT2D eigenvalue weighted by molar-refractivity contribution is 8.17. The van der Waals surface area contributed by atoms with Crippen molar-refractivity contribution in [3.05, 3.63) is 69.6 Å². The number of amides is 1. The van der Waals surface area contributed by atoms with Gasteiger partial charge in [-0.3, -0.25) is 9.36 Å². The predicted octanol–water partition coefficient (Wildman–Crippen LogP) is 5.41. The van der Waals surface area contributed by atoms with Gasteiger partial charge in [0.25, 0.3) is 0 Å². The SMILES string of the molecule is C=CC(=O)N1[C@H](C)CN(c2nc(=O)n3c4c(cc(C(F)(F)F)cc24)[SH](c2cc(Cl)c(F)cc2F)C[C@H](OC)C3)C[C@@H]1C. The Morgan fingerprint density at radius 3 is 2.36 bits per heavy atom. The summed E-state index contributed by atoms with van der Waals surface area (Å²) in [5.41, 5.74) is -1.54. The van der Waals surface area contributed by atoms with E-state index in [2.05, 4.69) is 11.6 Å². The molecule has 0 aliphatic carbocycles. The molecular weight excluding hydrogens is 603 g/mol. The van der Waals surface area contributed by atoms with Crippen molar-refractivity contribution in [3.63, 3.8) is 0 Å². The number of carbonyl (C=O) groups excluding carboxylic acids is 1. The summed E-state index contributed by atoms with van der Waals surface area (Å²) in [7, 11) is -0.567. The average Bonchev–Trinajstić information content (AvgIpc) is 3.09. The van der Waals surface area contributed by atoms with Crippen LogP contribution < -0.4 is 10.6 Å². The molecule has 0 saturated carbocycles. The van der Waals surface area contributed by atoms with Crippen LogP contribution in [-0.4, -0.2) is 64.5 Å². The van der Waals surface area contributed by atoms with Crippen molar-refractivity contribution in [1.82, 2.24) is 14.5 Å². The van der Waals surface area contributed by atoms with Crippen LogP contribution in [0.1, 0.15) is 19.4 Å². The number of hydrogen-bond acceptors (Lipinski definition) is 5. The number of nitrogens with zero attached hydrogens (tertiary/aromatic N) is 4. The summed E-state index contributed by atoms with van der Waals surface area (Å²) in [6.07, 6.45) is -4.28. The molecule has 0 radical (unpaired) electrons. The van der Waals surface area contributed by atoms with Crippen molar-refractivity contribution in [1.29, 1.82) is 0 Å². The second-order valence-electron chi connectivity index (χ2n) is 10.5. The highest BCUT2D eigenvalue weighted by atomic mass is 35.5. The Morgan fingerprint density at radius 1 is 1.10 bits per heavy atom. The molecule has 5 rings (SSSR count). The number of ether oxygens (including phenoxy) is 1. The van der Waals surface area contributed by atoms with E-state index >= 15 is 4.39 Å². The summed E-state index contributed by atoms with van der Waals surface area (Å²) >= 11 is 6.00. The third kappa shape index (κ3) is 5.26. The van der Waals surface area contributed by atoms with Crippen molar-refractivity contribution < 1.29 is 31.5 Å². The fourth-order valence-corrected chi connectivity index (χ4v) is 8.82. The van der Waals surface area contributed by atoms with Gasteiger partial charge in [-0.05, 0) is 38.1 Å². The van der Waals surface area contributed by atoms with Crippen molar-refractivity contribution >= 4 is 45.1 Å². The summed E-state index contributed by atoms with van der Waals surface area (Å²) in [4.78, 5) is 33.6. The largest absolute Gasteiger partial charge is 0.416 e. The molecule has 4 atom stereocenters. The molecule has 14 heteroatoms. The Labute approximate surface area is 245 Å². The zero-order chi connectivity index (χ0) is 30.7. The molecule has 226 valence electrons. The van der Waals surface area contributed by atoms with E-state index in [1.807, 2.05) is 0 Å². The second kappa shape index (κ2) is 11.2. The molecule has 2 aliphatic rings. The zero-order valence-electron chi connectivity index (χ0n) is 22.9. The van der Waals surface area contributed by atoms with Crippen LogP contribution >= 0.6 is 22.5 Å². The number of hydrogen-bond donors (Lipinski definition) is 1. The summed E-state index contributed by atoms with van der Waals surface area (Å²) in [6.45, 7) is 7.47. The first-order valence-corrected chi connectivity index (χ1v) is 15.0. The number of benzene rings is 2. The normalized spacial score (nSPS) is 23.6. The first-order valence-electron chi connectivity index (χ1n) is 13.1. The van der Waals surface area contributed by atoms with Crippen LogP contribution in [0, 0.1) is 11.6 Å². The number of methoxy groups -OCH3 is 1.